The van der Waals surface area contributed by atoms with Crippen LogP contribution in [-0.2, 0) is 4.79 Å². The van der Waals surface area contributed by atoms with Crippen LogP contribution in [-0.4, -0.2) is 25.1 Å². The van der Waals surface area contributed by atoms with E-state index in [-0.39, 0.29) is 5.91 Å². The van der Waals surface area contributed by atoms with Gasteiger partial charge in [0.2, 0.25) is 6.08 Å². The van der Waals surface area contributed by atoms with Crippen molar-refractivity contribution in [1.82, 2.24) is 5.32 Å². The van der Waals surface area contributed by atoms with Gasteiger partial charge in [-0.1, -0.05) is 31.0 Å². The number of amides is 1. The summed E-state index contributed by atoms with van der Waals surface area (Å²) in [5.41, 5.74) is 0.692. The summed E-state index contributed by atoms with van der Waals surface area (Å²) in [5, 5.41) is 2.88. The van der Waals surface area contributed by atoms with Crippen molar-refractivity contribution in [2.45, 2.75) is 25.7 Å². The van der Waals surface area contributed by atoms with E-state index >= 15 is 0 Å². The number of nitrogens with one attached hydrogen (secondary N) is 1. The number of unbranched alkanes of at least 4 members (excludes halogenated alkanes) is 3. The first-order valence-corrected chi connectivity index (χ1v) is 6.21. The zero-order valence-electron chi connectivity index (χ0n) is 10.4. The van der Waals surface area contributed by atoms with Crippen molar-refractivity contribution in [3.63, 3.8) is 0 Å². The lowest BCUT2D eigenvalue weighted by molar-refractivity contribution is 0.0953. The van der Waals surface area contributed by atoms with Crippen LogP contribution in [0.15, 0.2) is 35.3 Å². The molecule has 1 amide bonds. The molecule has 0 atom stereocenters. The molecule has 4 heteroatoms. The first-order valence-electron chi connectivity index (χ1n) is 6.21. The fraction of sp³-hybridized carbons (Fsp3) is 0.429. The number of isocyanates is 1. The molecule has 0 heterocycles. The number of hydrogen-bond donors (Lipinski definition) is 1. The molecule has 0 bridgehead atoms. The Morgan fingerprint density at radius 2 is 1.83 bits per heavy atom. The van der Waals surface area contributed by atoms with Crippen molar-refractivity contribution in [2.75, 3.05) is 13.1 Å². The van der Waals surface area contributed by atoms with Crippen LogP contribution in [0.1, 0.15) is 36.0 Å². The molecule has 96 valence electrons. The van der Waals surface area contributed by atoms with Crippen molar-refractivity contribution >= 4 is 12.0 Å². The second-order valence-corrected chi connectivity index (χ2v) is 4.01. The Kier molecular flexibility index (Phi) is 7.17. The van der Waals surface area contributed by atoms with E-state index in [4.69, 9.17) is 0 Å². The van der Waals surface area contributed by atoms with Crippen molar-refractivity contribution < 1.29 is 9.59 Å². The average Bonchev–Trinajstić information content (AvgIpc) is 2.42. The maximum absolute atomic E-state index is 11.6. The van der Waals surface area contributed by atoms with Crippen LogP contribution >= 0.6 is 0 Å². The number of benzene rings is 1. The number of nitrogens with zero attached hydrogens (tertiary/aromatic N) is 1. The number of carbonyl (C=O) groups is 1. The van der Waals surface area contributed by atoms with E-state index < -0.39 is 0 Å². The van der Waals surface area contributed by atoms with Crippen molar-refractivity contribution in [3.05, 3.63) is 35.9 Å². The number of carbonyl (C=O) groups excluding carboxylic acids is 2. The fourth-order valence-electron chi connectivity index (χ4n) is 1.61. The molecule has 4 nitrogen and oxygen atoms in total. The van der Waals surface area contributed by atoms with E-state index in [2.05, 4.69) is 10.3 Å². The summed E-state index contributed by atoms with van der Waals surface area (Å²) in [6, 6.07) is 9.18. The van der Waals surface area contributed by atoms with E-state index in [0.717, 1.165) is 25.7 Å². The standard InChI is InChI=1S/C14H18N2O2/c17-12-15-10-6-1-2-7-11-16-14(18)13-8-4-3-5-9-13/h3-5,8-9H,1-2,6-7,10-11H2,(H,16,18). The highest BCUT2D eigenvalue weighted by Gasteiger charge is 2.02. The number of aliphatic imine (C=N–C) groups is 1. The smallest absolute Gasteiger partial charge is 0.251 e. The van der Waals surface area contributed by atoms with Crippen LogP contribution in [0, 0.1) is 0 Å². The summed E-state index contributed by atoms with van der Waals surface area (Å²) < 4.78 is 0. The molecule has 0 radical (unpaired) electrons. The van der Waals surface area contributed by atoms with Gasteiger partial charge in [0.15, 0.2) is 0 Å². The van der Waals surface area contributed by atoms with Crippen LogP contribution < -0.4 is 5.32 Å². The highest BCUT2D eigenvalue weighted by molar-refractivity contribution is 5.94. The maximum atomic E-state index is 11.6. The van der Waals surface area contributed by atoms with Gasteiger partial charge in [0.1, 0.15) is 0 Å². The van der Waals surface area contributed by atoms with Gasteiger partial charge < -0.3 is 5.32 Å². The second kappa shape index (κ2) is 9.14. The molecule has 0 unspecified atom stereocenters. The minimum Gasteiger partial charge on any atom is -0.352 e. The third-order valence-corrected chi connectivity index (χ3v) is 2.58. The van der Waals surface area contributed by atoms with Gasteiger partial charge in [-0.3, -0.25) is 4.79 Å². The number of rotatable bonds is 8. The molecule has 1 aromatic carbocycles. The molecule has 0 aliphatic carbocycles. The highest BCUT2D eigenvalue weighted by atomic mass is 16.1. The van der Waals surface area contributed by atoms with Gasteiger partial charge in [0.25, 0.3) is 5.91 Å². The van der Waals surface area contributed by atoms with Crippen LogP contribution in [0.5, 0.6) is 0 Å². The molecule has 0 spiro atoms. The molecular formula is C14H18N2O2. The fourth-order valence-corrected chi connectivity index (χ4v) is 1.61. The Hall–Kier alpha value is -1.93. The van der Waals surface area contributed by atoms with E-state index in [1.807, 2.05) is 18.2 Å². The molecule has 18 heavy (non-hydrogen) atoms. The third-order valence-electron chi connectivity index (χ3n) is 2.58. The van der Waals surface area contributed by atoms with Gasteiger partial charge in [-0.25, -0.2) is 9.79 Å². The largest absolute Gasteiger partial charge is 0.352 e. The lowest BCUT2D eigenvalue weighted by atomic mass is 10.2. The monoisotopic (exact) mass is 246 g/mol. The van der Waals surface area contributed by atoms with E-state index in [0.29, 0.717) is 18.7 Å². The summed E-state index contributed by atoms with van der Waals surface area (Å²) in [5.74, 6) is -0.0267. The zero-order chi connectivity index (χ0) is 13.1. The lowest BCUT2D eigenvalue weighted by Crippen LogP contribution is -2.24. The molecule has 0 fully saturated rings. The molecule has 0 aliphatic rings. The molecule has 0 saturated carbocycles. The van der Waals surface area contributed by atoms with Crippen LogP contribution in [0.25, 0.3) is 0 Å². The Bertz CT molecular complexity index is 398. The Labute approximate surface area is 107 Å². The number of hydrogen-bond acceptors (Lipinski definition) is 3. The van der Waals surface area contributed by atoms with Crippen molar-refractivity contribution in [1.29, 1.82) is 0 Å². The van der Waals surface area contributed by atoms with Gasteiger partial charge in [0.05, 0.1) is 6.54 Å². The summed E-state index contributed by atoms with van der Waals surface area (Å²) in [6.07, 6.45) is 5.42. The van der Waals surface area contributed by atoms with Crippen LogP contribution in [0.3, 0.4) is 0 Å². The van der Waals surface area contributed by atoms with E-state index in [1.54, 1.807) is 12.1 Å². The average molecular weight is 246 g/mol. The Morgan fingerprint density at radius 3 is 2.56 bits per heavy atom. The molecule has 0 saturated heterocycles. The minimum atomic E-state index is -0.0267. The molecule has 0 aromatic heterocycles. The predicted octanol–water partition coefficient (Wildman–Crippen LogP) is 2.31. The Morgan fingerprint density at radius 1 is 1.11 bits per heavy atom. The zero-order valence-corrected chi connectivity index (χ0v) is 10.4. The summed E-state index contributed by atoms with van der Waals surface area (Å²) in [6.45, 7) is 1.24. The Balaban J connectivity index is 2.04. The van der Waals surface area contributed by atoms with E-state index in [9.17, 15) is 9.59 Å². The minimum absolute atomic E-state index is 0.0267. The van der Waals surface area contributed by atoms with Gasteiger partial charge >= 0.3 is 0 Å². The molecular weight excluding hydrogens is 228 g/mol. The van der Waals surface area contributed by atoms with Gasteiger partial charge in [-0.15, -0.1) is 0 Å². The van der Waals surface area contributed by atoms with Crippen LogP contribution in [0.2, 0.25) is 0 Å². The topological polar surface area (TPSA) is 58.5 Å². The van der Waals surface area contributed by atoms with Crippen LogP contribution in [0.4, 0.5) is 0 Å². The summed E-state index contributed by atoms with van der Waals surface area (Å²) in [7, 11) is 0. The lowest BCUT2D eigenvalue weighted by Gasteiger charge is -2.04. The molecule has 1 aromatic rings. The first-order chi connectivity index (χ1) is 8.84. The van der Waals surface area contributed by atoms with Crippen molar-refractivity contribution in [3.8, 4) is 0 Å². The quantitative estimate of drug-likeness (QED) is 0.434. The SMILES string of the molecule is O=C=NCCCCCCNC(=O)c1ccccc1. The highest BCUT2D eigenvalue weighted by Crippen LogP contribution is 2.00. The predicted molar refractivity (Wildman–Crippen MR) is 70.2 cm³/mol. The van der Waals surface area contributed by atoms with Gasteiger partial charge in [-0.05, 0) is 25.0 Å². The molecule has 1 rings (SSSR count). The third kappa shape index (κ3) is 5.97. The second-order valence-electron chi connectivity index (χ2n) is 4.01. The first kappa shape index (κ1) is 14.1. The van der Waals surface area contributed by atoms with Gasteiger partial charge in [-0.2, -0.15) is 0 Å². The van der Waals surface area contributed by atoms with E-state index in [1.165, 1.54) is 6.08 Å². The summed E-state index contributed by atoms with van der Waals surface area (Å²) in [4.78, 5) is 24.9. The normalized spacial score (nSPS) is 9.56. The van der Waals surface area contributed by atoms with Gasteiger partial charge in [0, 0.05) is 12.1 Å². The maximum Gasteiger partial charge on any atom is 0.251 e. The van der Waals surface area contributed by atoms with Crippen molar-refractivity contribution in [2.24, 2.45) is 4.99 Å². The summed E-state index contributed by atoms with van der Waals surface area (Å²) >= 11 is 0. The molecule has 0 aliphatic heterocycles. The molecule has 1 N–H and O–H groups in total.